The summed E-state index contributed by atoms with van der Waals surface area (Å²) in [6.07, 6.45) is 1.66. The number of unbranched alkanes of at least 4 members (excludes halogenated alkanes) is 1. The van der Waals surface area contributed by atoms with E-state index in [4.69, 9.17) is 51.1 Å². The van der Waals surface area contributed by atoms with Gasteiger partial charge in [0.05, 0.1) is 38.3 Å². The van der Waals surface area contributed by atoms with E-state index in [0.717, 1.165) is 11.3 Å². The Balaban J connectivity index is 2.58. The third-order valence-electron chi connectivity index (χ3n) is 3.75. The second-order valence-corrected chi connectivity index (χ2v) is 6.68. The van der Waals surface area contributed by atoms with Crippen LogP contribution in [0.4, 0.5) is 0 Å². The van der Waals surface area contributed by atoms with E-state index >= 15 is 0 Å². The topological polar surface area (TPSA) is 63.7 Å². The largest absolute Gasteiger partial charge is 0.467 e. The molecule has 24 heavy (non-hydrogen) atoms. The fourth-order valence-corrected chi connectivity index (χ4v) is 3.55. The van der Waals surface area contributed by atoms with Gasteiger partial charge in [-0.15, -0.1) is 0 Å². The van der Waals surface area contributed by atoms with Crippen LogP contribution in [0.15, 0.2) is 0 Å². The van der Waals surface area contributed by atoms with E-state index in [1.54, 1.807) is 0 Å². The molecule has 1 heterocycles. The summed E-state index contributed by atoms with van der Waals surface area (Å²) in [7, 11) is 1.19. The molecular formula is C15H13Cl4NO4. The second kappa shape index (κ2) is 7.48. The normalized spacial score (nSPS) is 14.8. The van der Waals surface area contributed by atoms with E-state index in [2.05, 4.69) is 0 Å². The van der Waals surface area contributed by atoms with Crippen LogP contribution < -0.4 is 0 Å². The van der Waals surface area contributed by atoms with Crippen LogP contribution >= 0.6 is 46.4 Å². The van der Waals surface area contributed by atoms with Gasteiger partial charge in [0, 0.05) is 0 Å². The van der Waals surface area contributed by atoms with Gasteiger partial charge in [-0.3, -0.25) is 14.5 Å². The number of benzene rings is 1. The molecule has 0 radical (unpaired) electrons. The van der Waals surface area contributed by atoms with Crippen LogP contribution in [0.25, 0.3) is 0 Å². The van der Waals surface area contributed by atoms with Crippen molar-refractivity contribution in [2.24, 2.45) is 0 Å². The number of esters is 1. The van der Waals surface area contributed by atoms with E-state index in [1.165, 1.54) is 7.11 Å². The maximum Gasteiger partial charge on any atom is 0.329 e. The number of nitrogens with zero attached hydrogens (tertiary/aromatic N) is 1. The van der Waals surface area contributed by atoms with Crippen molar-refractivity contribution in [2.45, 2.75) is 32.2 Å². The van der Waals surface area contributed by atoms with Crippen molar-refractivity contribution < 1.29 is 19.1 Å². The number of carbonyl (C=O) groups is 3. The molecule has 0 bridgehead atoms. The first-order valence-corrected chi connectivity index (χ1v) is 8.60. The third-order valence-corrected chi connectivity index (χ3v) is 5.55. The average molecular weight is 413 g/mol. The summed E-state index contributed by atoms with van der Waals surface area (Å²) in [6, 6.07) is -1.06. The monoisotopic (exact) mass is 411 g/mol. The molecular weight excluding hydrogens is 400 g/mol. The minimum absolute atomic E-state index is 0.117. The van der Waals surface area contributed by atoms with E-state index < -0.39 is 23.8 Å². The molecule has 9 heteroatoms. The van der Waals surface area contributed by atoms with Gasteiger partial charge in [0.1, 0.15) is 6.04 Å². The molecule has 2 rings (SSSR count). The number of rotatable bonds is 5. The standard InChI is InChI=1S/C15H13Cl4NO4/c1-3-4-5-6(15(23)24-2)20-13(21)7-8(14(20)22)10(17)12(19)11(18)9(7)16/h6H,3-5H2,1-2H3. The van der Waals surface area contributed by atoms with Gasteiger partial charge >= 0.3 is 5.97 Å². The fraction of sp³-hybridized carbons (Fsp3) is 0.400. The molecule has 1 aliphatic rings. The number of imide groups is 1. The number of ether oxygens (including phenoxy) is 1. The summed E-state index contributed by atoms with van der Waals surface area (Å²) in [5.41, 5.74) is -0.294. The minimum Gasteiger partial charge on any atom is -0.467 e. The maximum atomic E-state index is 12.7. The van der Waals surface area contributed by atoms with Crippen molar-refractivity contribution in [3.8, 4) is 0 Å². The molecule has 1 aliphatic heterocycles. The molecule has 0 aromatic heterocycles. The first kappa shape index (κ1) is 19.3. The molecule has 0 saturated carbocycles. The number of carbonyl (C=O) groups excluding carboxylic acids is 3. The molecule has 0 fully saturated rings. The molecule has 1 atom stereocenters. The zero-order chi connectivity index (χ0) is 18.2. The Morgan fingerprint density at radius 3 is 1.83 bits per heavy atom. The smallest absolute Gasteiger partial charge is 0.329 e. The van der Waals surface area contributed by atoms with Crippen LogP contribution in [0, 0.1) is 0 Å². The Labute approximate surface area is 158 Å². The Kier molecular flexibility index (Phi) is 6.02. The van der Waals surface area contributed by atoms with Crippen molar-refractivity contribution >= 4 is 64.2 Å². The summed E-state index contributed by atoms with van der Waals surface area (Å²) in [5.74, 6) is -2.18. The highest BCUT2D eigenvalue weighted by Gasteiger charge is 2.46. The molecule has 130 valence electrons. The Bertz CT molecular complexity index is 688. The van der Waals surface area contributed by atoms with E-state index in [0.29, 0.717) is 6.42 Å². The lowest BCUT2D eigenvalue weighted by molar-refractivity contribution is -0.145. The van der Waals surface area contributed by atoms with Crippen molar-refractivity contribution in [3.05, 3.63) is 31.2 Å². The van der Waals surface area contributed by atoms with Crippen LogP contribution in [0.5, 0.6) is 0 Å². The summed E-state index contributed by atoms with van der Waals surface area (Å²) in [6.45, 7) is 1.92. The first-order chi connectivity index (χ1) is 11.3. The zero-order valence-electron chi connectivity index (χ0n) is 12.8. The summed E-state index contributed by atoms with van der Waals surface area (Å²) in [5, 5.41) is -0.566. The molecule has 0 spiro atoms. The molecule has 1 aromatic rings. The van der Waals surface area contributed by atoms with Crippen LogP contribution in [0.3, 0.4) is 0 Å². The SMILES string of the molecule is CCCCC(C(=O)OC)N1C(=O)c2c(Cl)c(Cl)c(Cl)c(Cl)c2C1=O. The van der Waals surface area contributed by atoms with Gasteiger partial charge in [0.25, 0.3) is 11.8 Å². The van der Waals surface area contributed by atoms with Crippen molar-refractivity contribution in [3.63, 3.8) is 0 Å². The minimum atomic E-state index is -1.06. The molecule has 2 amide bonds. The van der Waals surface area contributed by atoms with Gasteiger partial charge in [-0.25, -0.2) is 4.79 Å². The molecule has 5 nitrogen and oxygen atoms in total. The number of hydrogen-bond acceptors (Lipinski definition) is 4. The molecule has 0 saturated heterocycles. The first-order valence-electron chi connectivity index (χ1n) is 7.09. The molecule has 1 unspecified atom stereocenters. The van der Waals surface area contributed by atoms with Gasteiger partial charge < -0.3 is 4.74 Å². The Hall–Kier alpha value is -1.01. The van der Waals surface area contributed by atoms with Gasteiger partial charge in [-0.05, 0) is 6.42 Å². The molecule has 1 aromatic carbocycles. The summed E-state index contributed by atoms with van der Waals surface area (Å²) in [4.78, 5) is 38.3. The van der Waals surface area contributed by atoms with Crippen LogP contribution in [-0.2, 0) is 9.53 Å². The van der Waals surface area contributed by atoms with Crippen LogP contribution in [-0.4, -0.2) is 35.8 Å². The zero-order valence-corrected chi connectivity index (χ0v) is 15.8. The predicted octanol–water partition coefficient (Wildman–Crippen LogP) is 4.63. The lowest BCUT2D eigenvalue weighted by Crippen LogP contribution is -2.45. The van der Waals surface area contributed by atoms with Gasteiger partial charge in [0.15, 0.2) is 0 Å². The van der Waals surface area contributed by atoms with Crippen LogP contribution in [0.1, 0.15) is 46.9 Å². The van der Waals surface area contributed by atoms with Gasteiger partial charge in [-0.2, -0.15) is 0 Å². The van der Waals surface area contributed by atoms with Gasteiger partial charge in [0.2, 0.25) is 0 Å². The van der Waals surface area contributed by atoms with Gasteiger partial charge in [-0.1, -0.05) is 66.2 Å². The average Bonchev–Trinajstić information content (AvgIpc) is 2.82. The van der Waals surface area contributed by atoms with Crippen molar-refractivity contribution in [2.75, 3.05) is 7.11 Å². The highest BCUT2D eigenvalue weighted by molar-refractivity contribution is 6.55. The second-order valence-electron chi connectivity index (χ2n) is 5.17. The van der Waals surface area contributed by atoms with Crippen LogP contribution in [0.2, 0.25) is 20.1 Å². The lowest BCUT2D eigenvalue weighted by Gasteiger charge is -2.23. The van der Waals surface area contributed by atoms with Crippen molar-refractivity contribution in [1.82, 2.24) is 4.90 Å². The fourth-order valence-electron chi connectivity index (χ4n) is 2.54. The quantitative estimate of drug-likeness (QED) is 0.306. The Morgan fingerprint density at radius 2 is 1.46 bits per heavy atom. The molecule has 0 aliphatic carbocycles. The highest BCUT2D eigenvalue weighted by atomic mass is 35.5. The van der Waals surface area contributed by atoms with E-state index in [1.807, 2.05) is 6.92 Å². The number of fused-ring (bicyclic) bond motifs is 1. The van der Waals surface area contributed by atoms with E-state index in [9.17, 15) is 14.4 Å². The third kappa shape index (κ3) is 2.99. The number of amides is 2. The number of halogens is 4. The summed E-state index contributed by atoms with van der Waals surface area (Å²) < 4.78 is 4.72. The summed E-state index contributed by atoms with van der Waals surface area (Å²) >= 11 is 24.1. The van der Waals surface area contributed by atoms with E-state index in [-0.39, 0.29) is 37.6 Å². The molecule has 0 N–H and O–H groups in total. The lowest BCUT2D eigenvalue weighted by atomic mass is 10.1. The predicted molar refractivity (Wildman–Crippen MR) is 92.3 cm³/mol. The number of hydrogen-bond donors (Lipinski definition) is 0. The van der Waals surface area contributed by atoms with Crippen molar-refractivity contribution in [1.29, 1.82) is 0 Å². The number of methoxy groups -OCH3 is 1. The Morgan fingerprint density at radius 1 is 1.00 bits per heavy atom. The highest BCUT2D eigenvalue weighted by Crippen LogP contribution is 2.45. The maximum absolute atomic E-state index is 12.7.